The van der Waals surface area contributed by atoms with E-state index in [1.54, 1.807) is 17.2 Å². The SMILES string of the molecule is CC(C)N(C(=O)COC(=O)c1cncc(Br)c1)c1ccccc1. The molecule has 1 heterocycles. The smallest absolute Gasteiger partial charge is 0.340 e. The van der Waals surface area contributed by atoms with Crippen LogP contribution >= 0.6 is 15.9 Å². The van der Waals surface area contributed by atoms with Gasteiger partial charge < -0.3 is 9.64 Å². The van der Waals surface area contributed by atoms with Crippen LogP contribution in [0.25, 0.3) is 0 Å². The van der Waals surface area contributed by atoms with Crippen LogP contribution in [0.3, 0.4) is 0 Å². The number of pyridine rings is 1. The van der Waals surface area contributed by atoms with Crippen LogP contribution in [-0.4, -0.2) is 29.5 Å². The number of ether oxygens (including phenoxy) is 1. The van der Waals surface area contributed by atoms with E-state index in [4.69, 9.17) is 4.74 Å². The number of benzene rings is 1. The number of anilines is 1. The summed E-state index contributed by atoms with van der Waals surface area (Å²) in [5.41, 5.74) is 1.07. The second kappa shape index (κ2) is 7.87. The highest BCUT2D eigenvalue weighted by Crippen LogP contribution is 2.17. The van der Waals surface area contributed by atoms with Gasteiger partial charge in [0.05, 0.1) is 5.56 Å². The van der Waals surface area contributed by atoms with Crippen LogP contribution in [0.4, 0.5) is 5.69 Å². The molecule has 0 aliphatic carbocycles. The molecule has 1 amide bonds. The van der Waals surface area contributed by atoms with Crippen LogP contribution < -0.4 is 4.90 Å². The second-order valence-electron chi connectivity index (χ2n) is 5.16. The Morgan fingerprint density at radius 2 is 1.91 bits per heavy atom. The fourth-order valence-electron chi connectivity index (χ4n) is 2.12. The van der Waals surface area contributed by atoms with Crippen molar-refractivity contribution < 1.29 is 14.3 Å². The van der Waals surface area contributed by atoms with Gasteiger partial charge >= 0.3 is 5.97 Å². The molecule has 0 bridgehead atoms. The Labute approximate surface area is 143 Å². The van der Waals surface area contributed by atoms with Gasteiger partial charge in [0.2, 0.25) is 0 Å². The molecule has 0 spiro atoms. The number of halogens is 1. The average molecular weight is 377 g/mol. The summed E-state index contributed by atoms with van der Waals surface area (Å²) in [5, 5.41) is 0. The lowest BCUT2D eigenvalue weighted by molar-refractivity contribution is -0.122. The Balaban J connectivity index is 2.04. The lowest BCUT2D eigenvalue weighted by Crippen LogP contribution is -2.39. The molecule has 0 N–H and O–H groups in total. The predicted molar refractivity (Wildman–Crippen MR) is 91.3 cm³/mol. The van der Waals surface area contributed by atoms with Gasteiger partial charge in [0.25, 0.3) is 5.91 Å². The first kappa shape index (κ1) is 17.1. The maximum absolute atomic E-state index is 12.4. The van der Waals surface area contributed by atoms with E-state index in [1.807, 2.05) is 44.2 Å². The van der Waals surface area contributed by atoms with Gasteiger partial charge in [-0.2, -0.15) is 0 Å². The van der Waals surface area contributed by atoms with Crippen molar-refractivity contribution in [3.8, 4) is 0 Å². The van der Waals surface area contributed by atoms with Gasteiger partial charge in [0, 0.05) is 28.6 Å². The van der Waals surface area contributed by atoms with Crippen LogP contribution in [0.15, 0.2) is 53.3 Å². The Kier molecular flexibility index (Phi) is 5.87. The Bertz CT molecular complexity index is 689. The van der Waals surface area contributed by atoms with Crippen molar-refractivity contribution in [2.75, 3.05) is 11.5 Å². The van der Waals surface area contributed by atoms with E-state index in [-0.39, 0.29) is 18.6 Å². The van der Waals surface area contributed by atoms with Gasteiger partial charge in [0.1, 0.15) is 0 Å². The lowest BCUT2D eigenvalue weighted by Gasteiger charge is -2.26. The second-order valence-corrected chi connectivity index (χ2v) is 6.08. The van der Waals surface area contributed by atoms with Crippen molar-refractivity contribution in [2.45, 2.75) is 19.9 Å². The van der Waals surface area contributed by atoms with Crippen LogP contribution in [0.1, 0.15) is 24.2 Å². The molecule has 0 atom stereocenters. The normalized spacial score (nSPS) is 10.4. The van der Waals surface area contributed by atoms with E-state index >= 15 is 0 Å². The number of para-hydroxylation sites is 1. The van der Waals surface area contributed by atoms with Crippen LogP contribution in [0.2, 0.25) is 0 Å². The number of carbonyl (C=O) groups is 2. The van der Waals surface area contributed by atoms with Crippen molar-refractivity contribution in [3.05, 3.63) is 58.8 Å². The first-order chi connectivity index (χ1) is 11.0. The molecule has 1 aromatic heterocycles. The van der Waals surface area contributed by atoms with Gasteiger partial charge in [-0.25, -0.2) is 4.79 Å². The summed E-state index contributed by atoms with van der Waals surface area (Å²) in [6, 6.07) is 10.8. The minimum absolute atomic E-state index is 0.0452. The summed E-state index contributed by atoms with van der Waals surface area (Å²) in [5.74, 6) is -0.855. The predicted octanol–water partition coefficient (Wildman–Crippen LogP) is 3.44. The molecule has 0 aliphatic heterocycles. The highest BCUT2D eigenvalue weighted by molar-refractivity contribution is 9.10. The molecule has 6 heteroatoms. The topological polar surface area (TPSA) is 59.5 Å². The zero-order valence-corrected chi connectivity index (χ0v) is 14.5. The molecule has 0 saturated carbocycles. The summed E-state index contributed by atoms with van der Waals surface area (Å²) < 4.78 is 5.78. The number of nitrogens with zero attached hydrogens (tertiary/aromatic N) is 2. The lowest BCUT2D eigenvalue weighted by atomic mass is 10.2. The zero-order valence-electron chi connectivity index (χ0n) is 12.9. The first-order valence-electron chi connectivity index (χ1n) is 7.14. The molecule has 1 aromatic carbocycles. The minimum Gasteiger partial charge on any atom is -0.452 e. The van der Waals surface area contributed by atoms with Gasteiger partial charge in [-0.1, -0.05) is 18.2 Å². The number of rotatable bonds is 5. The van der Waals surface area contributed by atoms with E-state index in [1.165, 1.54) is 6.20 Å². The third kappa shape index (κ3) is 4.63. The van der Waals surface area contributed by atoms with E-state index in [0.717, 1.165) is 5.69 Å². The third-order valence-corrected chi connectivity index (χ3v) is 3.52. The molecule has 2 aromatic rings. The molecular formula is C17H17BrN2O3. The molecule has 0 saturated heterocycles. The summed E-state index contributed by atoms with van der Waals surface area (Å²) in [4.78, 5) is 29.9. The Hall–Kier alpha value is -2.21. The van der Waals surface area contributed by atoms with Gasteiger partial charge in [-0.3, -0.25) is 9.78 Å². The molecule has 120 valence electrons. The maximum atomic E-state index is 12.4. The van der Waals surface area contributed by atoms with E-state index in [9.17, 15) is 9.59 Å². The standard InChI is InChI=1S/C17H17BrN2O3/c1-12(2)20(15-6-4-3-5-7-15)16(21)11-23-17(22)13-8-14(18)10-19-9-13/h3-10,12H,11H2,1-2H3. The summed E-state index contributed by atoms with van der Waals surface area (Å²) in [7, 11) is 0. The molecule has 0 radical (unpaired) electrons. The first-order valence-corrected chi connectivity index (χ1v) is 7.93. The summed E-state index contributed by atoms with van der Waals surface area (Å²) in [6.45, 7) is 3.49. The molecule has 0 aliphatic rings. The molecule has 5 nitrogen and oxygen atoms in total. The van der Waals surface area contributed by atoms with Crippen molar-refractivity contribution in [1.29, 1.82) is 0 Å². The van der Waals surface area contributed by atoms with E-state index in [2.05, 4.69) is 20.9 Å². The highest BCUT2D eigenvalue weighted by atomic mass is 79.9. The number of esters is 1. The maximum Gasteiger partial charge on any atom is 0.340 e. The highest BCUT2D eigenvalue weighted by Gasteiger charge is 2.20. The minimum atomic E-state index is -0.580. The van der Waals surface area contributed by atoms with Crippen molar-refractivity contribution >= 4 is 33.5 Å². The third-order valence-electron chi connectivity index (χ3n) is 3.09. The average Bonchev–Trinajstić information content (AvgIpc) is 2.53. The van der Waals surface area contributed by atoms with Gasteiger partial charge in [0.15, 0.2) is 6.61 Å². The van der Waals surface area contributed by atoms with Crippen molar-refractivity contribution in [2.24, 2.45) is 0 Å². The number of carbonyl (C=O) groups excluding carboxylic acids is 2. The number of hydrogen-bond acceptors (Lipinski definition) is 4. The Morgan fingerprint density at radius 3 is 2.52 bits per heavy atom. The van der Waals surface area contributed by atoms with E-state index in [0.29, 0.717) is 10.0 Å². The summed E-state index contributed by atoms with van der Waals surface area (Å²) in [6.07, 6.45) is 2.97. The fraction of sp³-hybridized carbons (Fsp3) is 0.235. The largest absolute Gasteiger partial charge is 0.452 e. The molecule has 0 fully saturated rings. The quantitative estimate of drug-likeness (QED) is 0.749. The van der Waals surface area contributed by atoms with Gasteiger partial charge in [-0.05, 0) is 48.0 Å². The van der Waals surface area contributed by atoms with E-state index < -0.39 is 5.97 Å². The molecule has 2 rings (SSSR count). The fourth-order valence-corrected chi connectivity index (χ4v) is 2.49. The summed E-state index contributed by atoms with van der Waals surface area (Å²) >= 11 is 3.24. The number of amides is 1. The zero-order chi connectivity index (χ0) is 16.8. The van der Waals surface area contributed by atoms with Crippen LogP contribution in [0.5, 0.6) is 0 Å². The molecule has 23 heavy (non-hydrogen) atoms. The Morgan fingerprint density at radius 1 is 1.22 bits per heavy atom. The van der Waals surface area contributed by atoms with Crippen LogP contribution in [-0.2, 0) is 9.53 Å². The van der Waals surface area contributed by atoms with Crippen molar-refractivity contribution in [1.82, 2.24) is 4.98 Å². The number of aromatic nitrogens is 1. The van der Waals surface area contributed by atoms with Crippen LogP contribution in [0, 0.1) is 0 Å². The molecular weight excluding hydrogens is 360 g/mol. The monoisotopic (exact) mass is 376 g/mol. The van der Waals surface area contributed by atoms with Crippen molar-refractivity contribution in [3.63, 3.8) is 0 Å². The molecule has 0 unspecified atom stereocenters. The number of hydrogen-bond donors (Lipinski definition) is 0. The van der Waals surface area contributed by atoms with Gasteiger partial charge in [-0.15, -0.1) is 0 Å².